The normalized spacial score (nSPS) is 9.47. The van der Waals surface area contributed by atoms with E-state index < -0.39 is 16.2 Å². The summed E-state index contributed by atoms with van der Waals surface area (Å²) in [4.78, 5) is 0. The van der Waals surface area contributed by atoms with Crippen LogP contribution in [0.3, 0.4) is 0 Å². The fourth-order valence-corrected chi connectivity index (χ4v) is 2.25. The van der Waals surface area contributed by atoms with E-state index in [9.17, 15) is 0 Å². The molecule has 0 fully saturated rings. The van der Waals surface area contributed by atoms with E-state index in [1.165, 1.54) is 0 Å². The van der Waals surface area contributed by atoms with E-state index in [4.69, 9.17) is 9.58 Å². The van der Waals surface area contributed by atoms with E-state index in [2.05, 4.69) is 34.2 Å². The Bertz CT molecular complexity index is 533. The van der Waals surface area contributed by atoms with Crippen LogP contribution in [0.25, 0.3) is 5.57 Å². The topological polar surface area (TPSA) is 0 Å². The Morgan fingerprint density at radius 2 is 1.29 bits per heavy atom. The monoisotopic (exact) mass is 418 g/mol. The molecule has 0 unspecified atom stereocenters. The fraction of sp³-hybridized carbons (Fsp3) is 0. The molecule has 0 N–H and O–H groups in total. The number of rotatable bonds is 2. The van der Waals surface area contributed by atoms with E-state index in [1.54, 1.807) is 0 Å². The van der Waals surface area contributed by atoms with Crippen LogP contribution in [-0.2, 0) is 16.2 Å². The van der Waals surface area contributed by atoms with Crippen molar-refractivity contribution >= 4 is 19.3 Å². The molecular formula is C15H10ClIr. The Hall–Kier alpha value is -1.19. The first kappa shape index (κ1) is 12.3. The average Bonchev–Trinajstić information content (AvgIpc) is 2.42. The van der Waals surface area contributed by atoms with Gasteiger partial charge in [0.25, 0.3) is 0 Å². The molecule has 0 aromatic heterocycles. The Labute approximate surface area is 113 Å². The average molecular weight is 418 g/mol. The molecule has 17 heavy (non-hydrogen) atoms. The van der Waals surface area contributed by atoms with Gasteiger partial charge in [-0.2, -0.15) is 0 Å². The van der Waals surface area contributed by atoms with Crippen molar-refractivity contribution in [2.45, 2.75) is 0 Å². The number of benzene rings is 2. The second-order valence-corrected chi connectivity index (χ2v) is 5.46. The molecule has 2 rings (SSSR count). The molecule has 0 saturated carbocycles. The zero-order valence-electron chi connectivity index (χ0n) is 8.98. The van der Waals surface area contributed by atoms with Gasteiger partial charge in [0.15, 0.2) is 0 Å². The van der Waals surface area contributed by atoms with Crippen LogP contribution >= 0.6 is 9.58 Å². The molecule has 0 radical (unpaired) electrons. The van der Waals surface area contributed by atoms with Crippen molar-refractivity contribution in [3.8, 4) is 0 Å². The minimum absolute atomic E-state index is 0.638. The minimum atomic E-state index is -0.638. The molecule has 0 atom stereocenters. The van der Waals surface area contributed by atoms with Gasteiger partial charge in [0.1, 0.15) is 0 Å². The van der Waals surface area contributed by atoms with Crippen LogP contribution in [0.2, 0.25) is 0 Å². The van der Waals surface area contributed by atoms with Gasteiger partial charge in [0.05, 0.1) is 0 Å². The van der Waals surface area contributed by atoms with Crippen LogP contribution in [0.15, 0.2) is 66.4 Å². The number of hydrogen-bond donors (Lipinski definition) is 0. The molecule has 0 aliphatic rings. The molecule has 2 heteroatoms. The maximum atomic E-state index is 5.76. The summed E-state index contributed by atoms with van der Waals surface area (Å²) >= 11 is -0.638. The van der Waals surface area contributed by atoms with Gasteiger partial charge in [-0.05, 0) is 0 Å². The second-order valence-electron chi connectivity index (χ2n) is 3.38. The van der Waals surface area contributed by atoms with Gasteiger partial charge in [0, 0.05) is 0 Å². The van der Waals surface area contributed by atoms with Gasteiger partial charge in [-0.15, -0.1) is 0 Å². The van der Waals surface area contributed by atoms with Crippen LogP contribution in [-0.4, -0.2) is 4.18 Å². The summed E-state index contributed by atoms with van der Waals surface area (Å²) in [6, 6.07) is 20.4. The van der Waals surface area contributed by atoms with Crippen molar-refractivity contribution in [3.63, 3.8) is 0 Å². The van der Waals surface area contributed by atoms with Gasteiger partial charge in [-0.3, -0.25) is 0 Å². The molecule has 2 aromatic carbocycles. The van der Waals surface area contributed by atoms with Crippen molar-refractivity contribution in [2.75, 3.05) is 0 Å². The van der Waals surface area contributed by atoms with Gasteiger partial charge in [0.2, 0.25) is 0 Å². The molecule has 0 amide bonds. The standard InChI is InChI=1S/C15H10.ClH.Ir/c1-2-15(13-9-5-3-6-10-13)14-11-7-4-8-12-14;;/h3-12H;1H;/q;;+1/p-1. The first-order chi connectivity index (χ1) is 8.42. The third-order valence-corrected chi connectivity index (χ3v) is 3.36. The molecule has 0 spiro atoms. The third kappa shape index (κ3) is 3.38. The van der Waals surface area contributed by atoms with Crippen molar-refractivity contribution in [1.29, 1.82) is 0 Å². The maximum absolute atomic E-state index is 5.76. The summed E-state index contributed by atoms with van der Waals surface area (Å²) in [5, 5.41) is 0. The van der Waals surface area contributed by atoms with E-state index in [-0.39, 0.29) is 0 Å². The Morgan fingerprint density at radius 1 is 0.824 bits per heavy atom. The van der Waals surface area contributed by atoms with E-state index in [1.807, 2.05) is 36.4 Å². The van der Waals surface area contributed by atoms with Crippen LogP contribution in [0.1, 0.15) is 11.1 Å². The van der Waals surface area contributed by atoms with Crippen LogP contribution < -0.4 is 0 Å². The first-order valence-electron chi connectivity index (χ1n) is 5.11. The van der Waals surface area contributed by atoms with Crippen LogP contribution in [0.5, 0.6) is 0 Å². The quantitative estimate of drug-likeness (QED) is 0.650. The summed E-state index contributed by atoms with van der Waals surface area (Å²) in [6.45, 7) is 0. The Morgan fingerprint density at radius 3 is 1.71 bits per heavy atom. The van der Waals surface area contributed by atoms with E-state index >= 15 is 0 Å². The van der Waals surface area contributed by atoms with Crippen molar-refractivity contribution in [3.05, 3.63) is 77.5 Å². The summed E-state index contributed by atoms with van der Waals surface area (Å²) in [7, 11) is 5.76. The van der Waals surface area contributed by atoms with Crippen molar-refractivity contribution in [1.82, 2.24) is 0 Å². The summed E-state index contributed by atoms with van der Waals surface area (Å²) < 4.78 is 3.05. The zero-order chi connectivity index (χ0) is 11.9. The van der Waals surface area contributed by atoms with E-state index in [0.717, 1.165) is 16.7 Å². The summed E-state index contributed by atoms with van der Waals surface area (Å²) in [6.07, 6.45) is 0. The Balaban J connectivity index is 2.60. The predicted molar refractivity (Wildman–Crippen MR) is 69.8 cm³/mol. The van der Waals surface area contributed by atoms with Gasteiger partial charge in [-0.1, -0.05) is 0 Å². The molecular weight excluding hydrogens is 408 g/mol. The molecule has 0 saturated heterocycles. The van der Waals surface area contributed by atoms with Crippen LogP contribution in [0.4, 0.5) is 0 Å². The van der Waals surface area contributed by atoms with Gasteiger partial charge in [-0.25, -0.2) is 0 Å². The predicted octanol–water partition coefficient (Wildman–Crippen LogP) is 3.91. The molecule has 0 heterocycles. The SMILES string of the molecule is [Cl][Ir]=[C]=C=C(c1ccccc1)c1ccccc1. The number of hydrogen-bond acceptors (Lipinski definition) is 0. The molecule has 2 aromatic rings. The number of halogens is 1. The second kappa shape index (κ2) is 6.52. The summed E-state index contributed by atoms with van der Waals surface area (Å²) in [5.41, 5.74) is 6.53. The van der Waals surface area contributed by atoms with Crippen molar-refractivity contribution < 1.29 is 16.2 Å². The molecule has 0 aliphatic heterocycles. The molecule has 86 valence electrons. The van der Waals surface area contributed by atoms with Gasteiger partial charge < -0.3 is 0 Å². The van der Waals surface area contributed by atoms with Crippen molar-refractivity contribution in [2.24, 2.45) is 0 Å². The Kier molecular flexibility index (Phi) is 4.71. The van der Waals surface area contributed by atoms with E-state index in [0.29, 0.717) is 0 Å². The summed E-state index contributed by atoms with van der Waals surface area (Å²) in [5.74, 6) is 0. The molecule has 0 nitrogen and oxygen atoms in total. The molecule has 0 aliphatic carbocycles. The van der Waals surface area contributed by atoms with Crippen LogP contribution in [0, 0.1) is 0 Å². The van der Waals surface area contributed by atoms with Gasteiger partial charge >= 0.3 is 113 Å². The zero-order valence-corrected chi connectivity index (χ0v) is 12.1. The third-order valence-electron chi connectivity index (χ3n) is 2.32. The fourth-order valence-electron chi connectivity index (χ4n) is 1.58. The first-order valence-corrected chi connectivity index (χ1v) is 9.28. The molecule has 0 bridgehead atoms.